The standard InChI is InChI=1S/C15H29NO/c1-12(2)7-6-10-17-14-11-13(16)15(14)8-4-3-5-9-15/h12-14H,3-11,16H2,1-2H3. The molecule has 100 valence electrons. The molecule has 2 heteroatoms. The summed E-state index contributed by atoms with van der Waals surface area (Å²) in [6, 6.07) is 0.415. The van der Waals surface area contributed by atoms with Crippen molar-refractivity contribution < 1.29 is 4.74 Å². The van der Waals surface area contributed by atoms with Gasteiger partial charge < -0.3 is 10.5 Å². The van der Waals surface area contributed by atoms with Crippen molar-refractivity contribution in [2.24, 2.45) is 17.1 Å². The summed E-state index contributed by atoms with van der Waals surface area (Å²) in [4.78, 5) is 0. The van der Waals surface area contributed by atoms with Gasteiger partial charge in [0, 0.05) is 18.1 Å². The van der Waals surface area contributed by atoms with E-state index in [-0.39, 0.29) is 0 Å². The number of ether oxygens (including phenoxy) is 1. The minimum atomic E-state index is 0.371. The molecule has 2 rings (SSSR count). The van der Waals surface area contributed by atoms with E-state index in [2.05, 4.69) is 13.8 Å². The van der Waals surface area contributed by atoms with E-state index in [1.165, 1.54) is 44.9 Å². The van der Waals surface area contributed by atoms with E-state index in [9.17, 15) is 0 Å². The fourth-order valence-electron chi connectivity index (χ4n) is 3.63. The van der Waals surface area contributed by atoms with Crippen molar-refractivity contribution >= 4 is 0 Å². The Morgan fingerprint density at radius 1 is 1.24 bits per heavy atom. The van der Waals surface area contributed by atoms with Crippen molar-refractivity contribution in [3.8, 4) is 0 Å². The molecule has 1 spiro atoms. The van der Waals surface area contributed by atoms with Gasteiger partial charge in [0.15, 0.2) is 0 Å². The molecular weight excluding hydrogens is 210 g/mol. The molecule has 2 atom stereocenters. The lowest BCUT2D eigenvalue weighted by Crippen LogP contribution is -2.62. The normalized spacial score (nSPS) is 31.8. The Morgan fingerprint density at radius 3 is 2.53 bits per heavy atom. The zero-order valence-corrected chi connectivity index (χ0v) is 11.6. The molecule has 2 nitrogen and oxygen atoms in total. The third kappa shape index (κ3) is 2.85. The van der Waals surface area contributed by atoms with Crippen LogP contribution in [0.25, 0.3) is 0 Å². The molecule has 0 aromatic heterocycles. The first-order valence-electron chi connectivity index (χ1n) is 7.52. The van der Waals surface area contributed by atoms with E-state index in [1.54, 1.807) is 0 Å². The Hall–Kier alpha value is -0.0800. The van der Waals surface area contributed by atoms with Gasteiger partial charge in [0.1, 0.15) is 0 Å². The summed E-state index contributed by atoms with van der Waals surface area (Å²) in [6.07, 6.45) is 10.8. The first-order chi connectivity index (χ1) is 8.15. The molecule has 2 unspecified atom stereocenters. The zero-order chi connectivity index (χ0) is 12.3. The van der Waals surface area contributed by atoms with Crippen molar-refractivity contribution in [2.75, 3.05) is 6.61 Å². The lowest BCUT2D eigenvalue weighted by molar-refractivity contribution is -0.143. The summed E-state index contributed by atoms with van der Waals surface area (Å²) in [5.41, 5.74) is 6.62. The maximum absolute atomic E-state index is 6.25. The Kier molecular flexibility index (Phi) is 4.48. The van der Waals surface area contributed by atoms with Crippen molar-refractivity contribution in [2.45, 2.75) is 77.4 Å². The number of rotatable bonds is 5. The summed E-state index contributed by atoms with van der Waals surface area (Å²) in [6.45, 7) is 5.50. The van der Waals surface area contributed by atoms with Gasteiger partial charge in [-0.3, -0.25) is 0 Å². The molecule has 0 aromatic carbocycles. The fraction of sp³-hybridized carbons (Fsp3) is 1.00. The minimum Gasteiger partial charge on any atom is -0.378 e. The molecule has 0 aliphatic heterocycles. The highest BCUT2D eigenvalue weighted by molar-refractivity contribution is 5.07. The molecule has 2 saturated carbocycles. The molecule has 2 aliphatic carbocycles. The topological polar surface area (TPSA) is 35.2 Å². The summed E-state index contributed by atoms with van der Waals surface area (Å²) in [7, 11) is 0. The second-order valence-electron chi connectivity index (χ2n) is 6.53. The third-order valence-electron chi connectivity index (χ3n) is 4.88. The monoisotopic (exact) mass is 239 g/mol. The van der Waals surface area contributed by atoms with Gasteiger partial charge in [-0.15, -0.1) is 0 Å². The SMILES string of the molecule is CC(C)CCCOC1CC(N)C12CCCCC2. The Morgan fingerprint density at radius 2 is 1.94 bits per heavy atom. The van der Waals surface area contributed by atoms with Crippen LogP contribution >= 0.6 is 0 Å². The highest BCUT2D eigenvalue weighted by atomic mass is 16.5. The van der Waals surface area contributed by atoms with E-state index in [1.807, 2.05) is 0 Å². The van der Waals surface area contributed by atoms with Crippen molar-refractivity contribution in [3.05, 3.63) is 0 Å². The maximum Gasteiger partial charge on any atom is 0.0661 e. The van der Waals surface area contributed by atoms with Crippen LogP contribution in [0, 0.1) is 11.3 Å². The van der Waals surface area contributed by atoms with Gasteiger partial charge in [0.05, 0.1) is 6.10 Å². The van der Waals surface area contributed by atoms with Gasteiger partial charge >= 0.3 is 0 Å². The van der Waals surface area contributed by atoms with E-state index in [0.717, 1.165) is 18.9 Å². The van der Waals surface area contributed by atoms with Crippen LogP contribution in [-0.4, -0.2) is 18.8 Å². The van der Waals surface area contributed by atoms with Crippen LogP contribution in [0.3, 0.4) is 0 Å². The fourth-order valence-corrected chi connectivity index (χ4v) is 3.63. The van der Waals surface area contributed by atoms with Gasteiger partial charge in [-0.2, -0.15) is 0 Å². The second-order valence-corrected chi connectivity index (χ2v) is 6.53. The Bertz CT molecular complexity index is 233. The first-order valence-corrected chi connectivity index (χ1v) is 7.52. The average molecular weight is 239 g/mol. The lowest BCUT2D eigenvalue weighted by atomic mass is 9.55. The largest absolute Gasteiger partial charge is 0.378 e. The minimum absolute atomic E-state index is 0.371. The molecule has 0 radical (unpaired) electrons. The van der Waals surface area contributed by atoms with Crippen LogP contribution in [0.5, 0.6) is 0 Å². The van der Waals surface area contributed by atoms with Crippen LogP contribution in [0.15, 0.2) is 0 Å². The van der Waals surface area contributed by atoms with E-state index < -0.39 is 0 Å². The Labute approximate surface area is 106 Å². The van der Waals surface area contributed by atoms with Gasteiger partial charge in [-0.05, 0) is 38.0 Å². The van der Waals surface area contributed by atoms with Crippen molar-refractivity contribution in [1.82, 2.24) is 0 Å². The van der Waals surface area contributed by atoms with E-state index in [4.69, 9.17) is 10.5 Å². The lowest BCUT2D eigenvalue weighted by Gasteiger charge is -2.56. The molecule has 0 bridgehead atoms. The van der Waals surface area contributed by atoms with Crippen LogP contribution in [0.2, 0.25) is 0 Å². The first kappa shape index (κ1) is 13.4. The molecule has 2 N–H and O–H groups in total. The zero-order valence-electron chi connectivity index (χ0n) is 11.6. The molecule has 0 heterocycles. The predicted molar refractivity (Wildman–Crippen MR) is 71.9 cm³/mol. The third-order valence-corrected chi connectivity index (χ3v) is 4.88. The quantitative estimate of drug-likeness (QED) is 0.745. The highest BCUT2D eigenvalue weighted by Crippen LogP contribution is 2.52. The van der Waals surface area contributed by atoms with Crippen LogP contribution in [-0.2, 0) is 4.74 Å². The molecule has 0 aromatic rings. The van der Waals surface area contributed by atoms with Crippen molar-refractivity contribution in [3.63, 3.8) is 0 Å². The summed E-state index contributed by atoms with van der Waals surface area (Å²) >= 11 is 0. The smallest absolute Gasteiger partial charge is 0.0661 e. The van der Waals surface area contributed by atoms with E-state index >= 15 is 0 Å². The molecular formula is C15H29NO. The molecule has 0 amide bonds. The average Bonchev–Trinajstić information content (AvgIpc) is 2.34. The molecule has 0 saturated heterocycles. The number of hydrogen-bond acceptors (Lipinski definition) is 2. The second kappa shape index (κ2) is 5.71. The van der Waals surface area contributed by atoms with Gasteiger partial charge in [0.25, 0.3) is 0 Å². The van der Waals surface area contributed by atoms with E-state index in [0.29, 0.717) is 17.6 Å². The summed E-state index contributed by atoms with van der Waals surface area (Å²) in [5.74, 6) is 0.797. The van der Waals surface area contributed by atoms with Gasteiger partial charge in [-0.25, -0.2) is 0 Å². The predicted octanol–water partition coefficient (Wildman–Crippen LogP) is 3.49. The summed E-state index contributed by atoms with van der Waals surface area (Å²) in [5, 5.41) is 0. The van der Waals surface area contributed by atoms with Gasteiger partial charge in [0.2, 0.25) is 0 Å². The van der Waals surface area contributed by atoms with Gasteiger partial charge in [-0.1, -0.05) is 33.1 Å². The molecule has 2 aliphatic rings. The molecule has 17 heavy (non-hydrogen) atoms. The number of hydrogen-bond donors (Lipinski definition) is 1. The summed E-state index contributed by atoms with van der Waals surface area (Å²) < 4.78 is 6.11. The van der Waals surface area contributed by atoms with Crippen LogP contribution in [0.4, 0.5) is 0 Å². The Balaban J connectivity index is 1.73. The molecule has 2 fully saturated rings. The van der Waals surface area contributed by atoms with Crippen LogP contribution in [0.1, 0.15) is 65.2 Å². The van der Waals surface area contributed by atoms with Crippen molar-refractivity contribution in [1.29, 1.82) is 0 Å². The van der Waals surface area contributed by atoms with Crippen LogP contribution < -0.4 is 5.73 Å². The maximum atomic E-state index is 6.25. The number of nitrogens with two attached hydrogens (primary N) is 1. The highest BCUT2D eigenvalue weighted by Gasteiger charge is 2.53.